The van der Waals surface area contributed by atoms with Crippen molar-refractivity contribution in [2.24, 2.45) is 0 Å². The van der Waals surface area contributed by atoms with E-state index in [1.807, 2.05) is 71.1 Å². The molecule has 2 aromatic rings. The first-order valence-corrected chi connectivity index (χ1v) is 6.85. The van der Waals surface area contributed by atoms with Gasteiger partial charge in [0.25, 0.3) is 0 Å². The average molecular weight is 257 g/mol. The van der Waals surface area contributed by atoms with Crippen LogP contribution in [0.4, 0.5) is 0 Å². The molecule has 0 saturated carbocycles. The third-order valence-electron chi connectivity index (χ3n) is 2.43. The van der Waals surface area contributed by atoms with Gasteiger partial charge in [-0.15, -0.1) is 0 Å². The van der Waals surface area contributed by atoms with E-state index in [4.69, 9.17) is 4.74 Å². The van der Waals surface area contributed by atoms with Crippen LogP contribution >= 0.6 is 0 Å². The van der Waals surface area contributed by atoms with E-state index >= 15 is 0 Å². The van der Waals surface area contributed by atoms with Crippen LogP contribution in [0.3, 0.4) is 0 Å². The fourth-order valence-electron chi connectivity index (χ4n) is 1.61. The molecule has 0 aliphatic heterocycles. The summed E-state index contributed by atoms with van der Waals surface area (Å²) in [5, 5.41) is 0. The monoisotopic (exact) mass is 257 g/mol. The summed E-state index contributed by atoms with van der Waals surface area (Å²) in [7, 11) is 0. The summed E-state index contributed by atoms with van der Waals surface area (Å²) in [6, 6.07) is 12.1. The molecule has 0 fully saturated rings. The summed E-state index contributed by atoms with van der Waals surface area (Å²) in [6.07, 6.45) is 2.09. The molecule has 0 amide bonds. The van der Waals surface area contributed by atoms with Gasteiger partial charge in [0.05, 0.1) is 11.8 Å². The maximum Gasteiger partial charge on any atom is 0.119 e. The highest BCUT2D eigenvalue weighted by molar-refractivity contribution is 5.60. The van der Waals surface area contributed by atoms with Gasteiger partial charge < -0.3 is 4.74 Å². The van der Waals surface area contributed by atoms with Gasteiger partial charge in [0.2, 0.25) is 0 Å². The highest BCUT2D eigenvalue weighted by atomic mass is 16.5. The minimum atomic E-state index is 0.207. The number of pyridine rings is 1. The van der Waals surface area contributed by atoms with Gasteiger partial charge in [-0.25, -0.2) is 0 Å². The van der Waals surface area contributed by atoms with Crippen molar-refractivity contribution in [2.75, 3.05) is 0 Å². The molecule has 0 saturated heterocycles. The second kappa shape index (κ2) is 7.57. The summed E-state index contributed by atoms with van der Waals surface area (Å²) in [5.74, 6) is 0.899. The van der Waals surface area contributed by atoms with Gasteiger partial charge in [-0.2, -0.15) is 0 Å². The lowest BCUT2D eigenvalue weighted by molar-refractivity contribution is 0.242. The molecule has 1 aromatic carbocycles. The zero-order valence-corrected chi connectivity index (χ0v) is 12.5. The van der Waals surface area contributed by atoms with Crippen molar-refractivity contribution in [2.45, 2.75) is 40.7 Å². The van der Waals surface area contributed by atoms with E-state index in [1.165, 1.54) is 5.56 Å². The second-order valence-electron chi connectivity index (χ2n) is 4.41. The van der Waals surface area contributed by atoms with Crippen molar-refractivity contribution >= 4 is 0 Å². The number of aromatic nitrogens is 1. The Labute approximate surface area is 116 Å². The number of ether oxygens (including phenoxy) is 1. The second-order valence-corrected chi connectivity index (χ2v) is 4.41. The minimum Gasteiger partial charge on any atom is -0.491 e. The first-order chi connectivity index (χ1) is 9.15. The number of aryl methyl sites for hydroxylation is 1. The smallest absolute Gasteiger partial charge is 0.119 e. The van der Waals surface area contributed by atoms with Gasteiger partial charge >= 0.3 is 0 Å². The minimum absolute atomic E-state index is 0.207. The normalized spacial score (nSPS) is 9.79. The molecule has 102 valence electrons. The van der Waals surface area contributed by atoms with E-state index in [0.717, 1.165) is 17.0 Å². The fraction of sp³-hybridized carbons (Fsp3) is 0.353. The molecule has 0 aliphatic carbocycles. The van der Waals surface area contributed by atoms with Crippen LogP contribution in [-0.4, -0.2) is 11.1 Å². The summed E-state index contributed by atoms with van der Waals surface area (Å²) in [6.45, 7) is 10.1. The first kappa shape index (κ1) is 15.2. The molecule has 1 heterocycles. The molecule has 0 radical (unpaired) electrons. The molecule has 0 spiro atoms. The van der Waals surface area contributed by atoms with Crippen LogP contribution in [0, 0.1) is 6.92 Å². The fourth-order valence-corrected chi connectivity index (χ4v) is 1.61. The average Bonchev–Trinajstić information content (AvgIpc) is 2.42. The zero-order chi connectivity index (χ0) is 14.3. The lowest BCUT2D eigenvalue weighted by atomic mass is 10.1. The van der Waals surface area contributed by atoms with Crippen LogP contribution in [0.1, 0.15) is 33.3 Å². The predicted molar refractivity (Wildman–Crippen MR) is 81.5 cm³/mol. The van der Waals surface area contributed by atoms with Crippen molar-refractivity contribution in [1.29, 1.82) is 0 Å². The van der Waals surface area contributed by atoms with Crippen LogP contribution in [0.5, 0.6) is 5.75 Å². The lowest BCUT2D eigenvalue weighted by Crippen LogP contribution is -2.05. The molecule has 2 nitrogen and oxygen atoms in total. The number of hydrogen-bond acceptors (Lipinski definition) is 2. The molecule has 0 aliphatic rings. The Morgan fingerprint density at radius 2 is 1.58 bits per heavy atom. The van der Waals surface area contributed by atoms with Gasteiger partial charge in [-0.3, -0.25) is 4.98 Å². The summed E-state index contributed by atoms with van der Waals surface area (Å²) in [5.41, 5.74) is 3.28. The van der Waals surface area contributed by atoms with E-state index < -0.39 is 0 Å². The van der Waals surface area contributed by atoms with Crippen molar-refractivity contribution in [3.63, 3.8) is 0 Å². The third kappa shape index (κ3) is 4.74. The standard InChI is InChI=1S/C15H17NO.C2H6/c1-11(2)17-14-7-5-13(6-8-14)15-9-4-12(3)10-16-15;1-2/h4-11H,1-3H3;1-2H3. The molecule has 0 N–H and O–H groups in total. The molecule has 0 atom stereocenters. The zero-order valence-electron chi connectivity index (χ0n) is 12.5. The van der Waals surface area contributed by atoms with Gasteiger partial charge in [0.1, 0.15) is 5.75 Å². The van der Waals surface area contributed by atoms with E-state index in [0.29, 0.717) is 0 Å². The number of benzene rings is 1. The van der Waals surface area contributed by atoms with Crippen LogP contribution in [0.15, 0.2) is 42.6 Å². The highest BCUT2D eigenvalue weighted by Crippen LogP contribution is 2.21. The van der Waals surface area contributed by atoms with Crippen LogP contribution < -0.4 is 4.74 Å². The van der Waals surface area contributed by atoms with Gasteiger partial charge in [0, 0.05) is 11.8 Å². The maximum absolute atomic E-state index is 5.60. The van der Waals surface area contributed by atoms with Crippen LogP contribution in [-0.2, 0) is 0 Å². The SMILES string of the molecule is CC.Cc1ccc(-c2ccc(OC(C)C)cc2)nc1. The summed E-state index contributed by atoms with van der Waals surface area (Å²) in [4.78, 5) is 4.40. The molecular weight excluding hydrogens is 234 g/mol. The predicted octanol–water partition coefficient (Wildman–Crippen LogP) is 4.87. The summed E-state index contributed by atoms with van der Waals surface area (Å²) < 4.78 is 5.60. The van der Waals surface area contributed by atoms with E-state index in [1.54, 1.807) is 0 Å². The van der Waals surface area contributed by atoms with E-state index in [-0.39, 0.29) is 6.10 Å². The van der Waals surface area contributed by atoms with Crippen LogP contribution in [0.25, 0.3) is 11.3 Å². The Morgan fingerprint density at radius 3 is 2.05 bits per heavy atom. The van der Waals surface area contributed by atoms with Crippen molar-refractivity contribution in [3.05, 3.63) is 48.2 Å². The number of nitrogens with zero attached hydrogens (tertiary/aromatic N) is 1. The largest absolute Gasteiger partial charge is 0.491 e. The van der Waals surface area contributed by atoms with Crippen molar-refractivity contribution < 1.29 is 4.74 Å². The van der Waals surface area contributed by atoms with E-state index in [9.17, 15) is 0 Å². The Kier molecular flexibility index (Phi) is 6.07. The molecule has 19 heavy (non-hydrogen) atoms. The van der Waals surface area contributed by atoms with Crippen LogP contribution in [0.2, 0.25) is 0 Å². The molecule has 2 heteroatoms. The first-order valence-electron chi connectivity index (χ1n) is 6.85. The van der Waals surface area contributed by atoms with E-state index in [2.05, 4.69) is 11.1 Å². The summed E-state index contributed by atoms with van der Waals surface area (Å²) >= 11 is 0. The van der Waals surface area contributed by atoms with Crippen molar-refractivity contribution in [3.8, 4) is 17.0 Å². The Bertz CT molecular complexity index is 472. The number of hydrogen-bond donors (Lipinski definition) is 0. The Hall–Kier alpha value is -1.83. The highest BCUT2D eigenvalue weighted by Gasteiger charge is 2.01. The lowest BCUT2D eigenvalue weighted by Gasteiger charge is -2.09. The van der Waals surface area contributed by atoms with Gasteiger partial charge in [-0.1, -0.05) is 19.9 Å². The van der Waals surface area contributed by atoms with Gasteiger partial charge in [0.15, 0.2) is 0 Å². The molecule has 0 bridgehead atoms. The Balaban J connectivity index is 0.000000861. The third-order valence-corrected chi connectivity index (χ3v) is 2.43. The topological polar surface area (TPSA) is 22.1 Å². The maximum atomic E-state index is 5.60. The number of rotatable bonds is 3. The molecule has 1 aromatic heterocycles. The van der Waals surface area contributed by atoms with Crippen molar-refractivity contribution in [1.82, 2.24) is 4.98 Å². The molecular formula is C17H23NO. The van der Waals surface area contributed by atoms with Gasteiger partial charge in [-0.05, 0) is 56.7 Å². The Morgan fingerprint density at radius 1 is 0.947 bits per heavy atom. The molecule has 0 unspecified atom stereocenters. The quantitative estimate of drug-likeness (QED) is 0.782. The molecule has 2 rings (SSSR count).